The Hall–Kier alpha value is -1.20. The van der Waals surface area contributed by atoms with Crippen LogP contribution in [0.3, 0.4) is 0 Å². The van der Waals surface area contributed by atoms with Gasteiger partial charge in [-0.2, -0.15) is 0 Å². The zero-order valence-corrected chi connectivity index (χ0v) is 12.9. The molecule has 5 heteroatoms. The highest BCUT2D eigenvalue weighted by atomic mass is 32.1. The first-order valence-corrected chi connectivity index (χ1v) is 8.07. The second kappa shape index (κ2) is 5.30. The molecule has 1 aliphatic rings. The Bertz CT molecular complexity index is 617. The van der Waals surface area contributed by atoms with E-state index >= 15 is 0 Å². The lowest BCUT2D eigenvalue weighted by Crippen LogP contribution is -2.44. The Morgan fingerprint density at radius 3 is 2.70 bits per heavy atom. The summed E-state index contributed by atoms with van der Waals surface area (Å²) < 4.78 is 0. The van der Waals surface area contributed by atoms with Crippen molar-refractivity contribution in [2.75, 3.05) is 11.9 Å². The van der Waals surface area contributed by atoms with E-state index in [1.165, 1.54) is 29.7 Å². The number of nitrogens with one attached hydrogen (secondary N) is 1. The van der Waals surface area contributed by atoms with Gasteiger partial charge in [0.15, 0.2) is 0 Å². The van der Waals surface area contributed by atoms with Crippen LogP contribution in [0.2, 0.25) is 0 Å². The van der Waals surface area contributed by atoms with Crippen LogP contribution in [0.1, 0.15) is 42.5 Å². The van der Waals surface area contributed by atoms with E-state index < -0.39 is 0 Å². The van der Waals surface area contributed by atoms with Crippen molar-refractivity contribution in [3.8, 4) is 0 Å². The molecule has 3 rings (SSSR count). The standard InChI is InChI=1S/C15H21N3OS/c1-10-11(2)20-14-12(10)13(16-9-17-14)18-15(8-19)6-4-3-5-7-15/h9,19H,3-8H2,1-2H3,(H,16,17,18). The molecule has 1 saturated carbocycles. The molecular formula is C15H21N3OS. The summed E-state index contributed by atoms with van der Waals surface area (Å²) in [6.45, 7) is 4.41. The number of aliphatic hydroxyl groups is 1. The van der Waals surface area contributed by atoms with Gasteiger partial charge in [-0.15, -0.1) is 11.3 Å². The highest BCUT2D eigenvalue weighted by Crippen LogP contribution is 2.36. The number of thiophene rings is 1. The number of fused-ring (bicyclic) bond motifs is 1. The maximum Gasteiger partial charge on any atom is 0.138 e. The number of anilines is 1. The van der Waals surface area contributed by atoms with Crippen LogP contribution in [0.15, 0.2) is 6.33 Å². The number of nitrogens with zero attached hydrogens (tertiary/aromatic N) is 2. The van der Waals surface area contributed by atoms with Crippen molar-refractivity contribution in [2.24, 2.45) is 0 Å². The monoisotopic (exact) mass is 291 g/mol. The Labute approximate surface area is 123 Å². The summed E-state index contributed by atoms with van der Waals surface area (Å²) in [5.41, 5.74) is 1.04. The molecule has 4 nitrogen and oxygen atoms in total. The van der Waals surface area contributed by atoms with Crippen LogP contribution >= 0.6 is 11.3 Å². The number of hydrogen-bond donors (Lipinski definition) is 2. The first kappa shape index (κ1) is 13.8. The summed E-state index contributed by atoms with van der Waals surface area (Å²) in [6.07, 6.45) is 7.24. The quantitative estimate of drug-likeness (QED) is 0.910. The van der Waals surface area contributed by atoms with Gasteiger partial charge in [0.2, 0.25) is 0 Å². The summed E-state index contributed by atoms with van der Waals surface area (Å²) in [7, 11) is 0. The second-order valence-electron chi connectivity index (χ2n) is 5.81. The molecule has 0 radical (unpaired) electrons. The van der Waals surface area contributed by atoms with Gasteiger partial charge < -0.3 is 10.4 Å². The van der Waals surface area contributed by atoms with Gasteiger partial charge in [0.25, 0.3) is 0 Å². The summed E-state index contributed by atoms with van der Waals surface area (Å²) >= 11 is 1.71. The van der Waals surface area contributed by atoms with Crippen molar-refractivity contribution in [1.82, 2.24) is 9.97 Å². The van der Waals surface area contributed by atoms with Crippen molar-refractivity contribution in [1.29, 1.82) is 0 Å². The van der Waals surface area contributed by atoms with E-state index in [4.69, 9.17) is 0 Å². The van der Waals surface area contributed by atoms with E-state index in [1.807, 2.05) is 0 Å². The molecule has 0 aliphatic heterocycles. The van der Waals surface area contributed by atoms with E-state index in [2.05, 4.69) is 29.1 Å². The Morgan fingerprint density at radius 2 is 2.00 bits per heavy atom. The molecule has 2 aromatic rings. The number of rotatable bonds is 3. The van der Waals surface area contributed by atoms with Crippen molar-refractivity contribution in [2.45, 2.75) is 51.5 Å². The first-order chi connectivity index (χ1) is 9.65. The number of aromatic nitrogens is 2. The SMILES string of the molecule is Cc1sc2ncnc(NC3(CO)CCCCC3)c2c1C. The molecule has 0 amide bonds. The van der Waals surface area contributed by atoms with E-state index in [0.29, 0.717) is 0 Å². The number of aliphatic hydroxyl groups excluding tert-OH is 1. The van der Waals surface area contributed by atoms with Crippen LogP contribution in [0.4, 0.5) is 5.82 Å². The van der Waals surface area contributed by atoms with Crippen molar-refractivity contribution < 1.29 is 5.11 Å². The summed E-state index contributed by atoms with van der Waals surface area (Å²) in [5.74, 6) is 0.882. The smallest absolute Gasteiger partial charge is 0.138 e. The highest BCUT2D eigenvalue weighted by Gasteiger charge is 2.32. The van der Waals surface area contributed by atoms with Gasteiger partial charge >= 0.3 is 0 Å². The van der Waals surface area contributed by atoms with Crippen LogP contribution in [-0.2, 0) is 0 Å². The van der Waals surface area contributed by atoms with Crippen LogP contribution < -0.4 is 5.32 Å². The average Bonchev–Trinajstić information content (AvgIpc) is 2.76. The van der Waals surface area contributed by atoms with Crippen LogP contribution in [0, 0.1) is 13.8 Å². The lowest BCUT2D eigenvalue weighted by Gasteiger charge is -2.37. The van der Waals surface area contributed by atoms with E-state index in [1.54, 1.807) is 17.7 Å². The molecule has 1 aliphatic carbocycles. The molecule has 0 unspecified atom stereocenters. The molecule has 1 fully saturated rings. The van der Waals surface area contributed by atoms with Gasteiger partial charge in [0, 0.05) is 4.88 Å². The third-order valence-corrected chi connectivity index (χ3v) is 5.58. The lowest BCUT2D eigenvalue weighted by molar-refractivity contribution is 0.172. The topological polar surface area (TPSA) is 58.0 Å². The normalized spacial score (nSPS) is 18.4. The van der Waals surface area contributed by atoms with E-state index in [9.17, 15) is 5.11 Å². The molecule has 20 heavy (non-hydrogen) atoms. The molecular weight excluding hydrogens is 270 g/mol. The van der Waals surface area contributed by atoms with Gasteiger partial charge in [-0.25, -0.2) is 9.97 Å². The first-order valence-electron chi connectivity index (χ1n) is 7.25. The Balaban J connectivity index is 2.01. The van der Waals surface area contributed by atoms with Gasteiger partial charge in [-0.05, 0) is 32.3 Å². The maximum atomic E-state index is 9.85. The minimum Gasteiger partial charge on any atom is -0.394 e. The van der Waals surface area contributed by atoms with Gasteiger partial charge in [0.05, 0.1) is 17.5 Å². The van der Waals surface area contributed by atoms with Crippen LogP contribution in [-0.4, -0.2) is 27.2 Å². The maximum absolute atomic E-state index is 9.85. The second-order valence-corrected chi connectivity index (χ2v) is 7.01. The number of hydrogen-bond acceptors (Lipinski definition) is 5. The minimum absolute atomic E-state index is 0.167. The molecule has 0 spiro atoms. The van der Waals surface area contributed by atoms with Crippen LogP contribution in [0.5, 0.6) is 0 Å². The van der Waals surface area contributed by atoms with E-state index in [-0.39, 0.29) is 12.1 Å². The van der Waals surface area contributed by atoms with E-state index in [0.717, 1.165) is 28.9 Å². The van der Waals surface area contributed by atoms with Crippen molar-refractivity contribution in [3.63, 3.8) is 0 Å². The minimum atomic E-state index is -0.207. The predicted molar refractivity (Wildman–Crippen MR) is 83.4 cm³/mol. The van der Waals surface area contributed by atoms with Crippen molar-refractivity contribution >= 4 is 27.4 Å². The zero-order chi connectivity index (χ0) is 14.2. The molecule has 0 bridgehead atoms. The van der Waals surface area contributed by atoms with Gasteiger partial charge in [-0.3, -0.25) is 0 Å². The molecule has 0 saturated heterocycles. The molecule has 0 aromatic carbocycles. The Kier molecular flexibility index (Phi) is 3.65. The highest BCUT2D eigenvalue weighted by molar-refractivity contribution is 7.18. The fourth-order valence-corrected chi connectivity index (χ4v) is 4.08. The lowest BCUT2D eigenvalue weighted by atomic mass is 9.82. The Morgan fingerprint density at radius 1 is 1.25 bits per heavy atom. The molecule has 2 aromatic heterocycles. The number of aryl methyl sites for hydroxylation is 2. The van der Waals surface area contributed by atoms with Gasteiger partial charge in [-0.1, -0.05) is 19.3 Å². The summed E-state index contributed by atoms with van der Waals surface area (Å²) in [5, 5.41) is 14.5. The average molecular weight is 291 g/mol. The third kappa shape index (κ3) is 2.29. The predicted octanol–water partition coefficient (Wildman–Crippen LogP) is 3.42. The largest absolute Gasteiger partial charge is 0.394 e. The van der Waals surface area contributed by atoms with Gasteiger partial charge in [0.1, 0.15) is 17.0 Å². The third-order valence-electron chi connectivity index (χ3n) is 4.46. The summed E-state index contributed by atoms with van der Waals surface area (Å²) in [4.78, 5) is 11.1. The zero-order valence-electron chi connectivity index (χ0n) is 12.1. The van der Waals surface area contributed by atoms with Crippen molar-refractivity contribution in [3.05, 3.63) is 16.8 Å². The molecule has 2 heterocycles. The molecule has 0 atom stereocenters. The van der Waals surface area contributed by atoms with Crippen LogP contribution in [0.25, 0.3) is 10.2 Å². The molecule has 108 valence electrons. The summed E-state index contributed by atoms with van der Waals surface area (Å²) in [6, 6.07) is 0. The fraction of sp³-hybridized carbons (Fsp3) is 0.600. The fourth-order valence-electron chi connectivity index (χ4n) is 3.08. The molecule has 2 N–H and O–H groups in total.